The first-order valence-corrected chi connectivity index (χ1v) is 7.85. The van der Waals surface area contributed by atoms with Crippen molar-refractivity contribution in [2.24, 2.45) is 5.73 Å². The van der Waals surface area contributed by atoms with Crippen LogP contribution in [0.1, 0.15) is 11.3 Å². The fourth-order valence-corrected chi connectivity index (χ4v) is 3.08. The quantitative estimate of drug-likeness (QED) is 0.799. The van der Waals surface area contributed by atoms with Crippen LogP contribution in [0.4, 0.5) is 5.69 Å². The normalized spacial score (nSPS) is 16.7. The minimum absolute atomic E-state index is 0.416. The highest BCUT2D eigenvalue weighted by Gasteiger charge is 2.29. The van der Waals surface area contributed by atoms with Crippen LogP contribution in [0.2, 0.25) is 0 Å². The molecule has 122 valence electrons. The van der Waals surface area contributed by atoms with Gasteiger partial charge < -0.3 is 19.8 Å². The number of nitrogens with zero attached hydrogens (tertiary/aromatic N) is 3. The van der Waals surface area contributed by atoms with Gasteiger partial charge in [0.15, 0.2) is 6.10 Å². The van der Waals surface area contributed by atoms with Gasteiger partial charge in [0.05, 0.1) is 24.5 Å². The second kappa shape index (κ2) is 5.56. The molecule has 0 fully saturated rings. The zero-order valence-corrected chi connectivity index (χ0v) is 13.3. The van der Waals surface area contributed by atoms with Crippen LogP contribution in [0.25, 0.3) is 5.65 Å². The maximum atomic E-state index is 11.6. The Morgan fingerprint density at radius 1 is 1.33 bits per heavy atom. The van der Waals surface area contributed by atoms with E-state index < -0.39 is 12.0 Å². The second-order valence-electron chi connectivity index (χ2n) is 6.01. The van der Waals surface area contributed by atoms with Gasteiger partial charge >= 0.3 is 0 Å². The van der Waals surface area contributed by atoms with Crippen LogP contribution in [0.3, 0.4) is 0 Å². The van der Waals surface area contributed by atoms with Crippen molar-refractivity contribution in [3.05, 3.63) is 60.0 Å². The highest BCUT2D eigenvalue weighted by atomic mass is 16.5. The summed E-state index contributed by atoms with van der Waals surface area (Å²) >= 11 is 0. The zero-order chi connectivity index (χ0) is 16.7. The summed E-state index contributed by atoms with van der Waals surface area (Å²) in [6.07, 6.45) is 3.34. The Morgan fingerprint density at radius 3 is 2.96 bits per heavy atom. The number of para-hydroxylation sites is 2. The number of hydrogen-bond donors (Lipinski definition) is 1. The maximum absolute atomic E-state index is 11.6. The lowest BCUT2D eigenvalue weighted by Crippen LogP contribution is -2.47. The number of aromatic nitrogens is 2. The number of amides is 1. The molecule has 3 heterocycles. The molecule has 0 saturated carbocycles. The third-order valence-corrected chi connectivity index (χ3v) is 4.26. The predicted molar refractivity (Wildman–Crippen MR) is 91.0 cm³/mol. The molecule has 0 spiro atoms. The summed E-state index contributed by atoms with van der Waals surface area (Å²) in [6, 6.07) is 11.7. The number of nitrogens with two attached hydrogens (primary N) is 1. The highest BCUT2D eigenvalue weighted by Crippen LogP contribution is 2.33. The first-order valence-electron chi connectivity index (χ1n) is 7.85. The summed E-state index contributed by atoms with van der Waals surface area (Å²) in [7, 11) is 0. The fraction of sp³-hybridized carbons (Fsp3) is 0.222. The molecule has 6 heteroatoms. The van der Waals surface area contributed by atoms with Crippen LogP contribution in [0.15, 0.2) is 48.8 Å². The highest BCUT2D eigenvalue weighted by molar-refractivity contribution is 5.81. The topological polar surface area (TPSA) is 72.9 Å². The molecule has 0 bridgehead atoms. The molecule has 2 N–H and O–H groups in total. The second-order valence-corrected chi connectivity index (χ2v) is 6.01. The lowest BCUT2D eigenvalue weighted by Gasteiger charge is -2.34. The van der Waals surface area contributed by atoms with Crippen LogP contribution in [0.5, 0.6) is 5.75 Å². The summed E-state index contributed by atoms with van der Waals surface area (Å²) in [5.41, 5.74) is 9.40. The molecule has 2 aromatic heterocycles. The number of aryl methyl sites for hydroxylation is 1. The average Bonchev–Trinajstić information content (AvgIpc) is 2.98. The van der Waals surface area contributed by atoms with E-state index >= 15 is 0 Å². The van der Waals surface area contributed by atoms with Crippen molar-refractivity contribution in [3.63, 3.8) is 0 Å². The molecule has 0 radical (unpaired) electrons. The maximum Gasteiger partial charge on any atom is 0.260 e. The number of rotatable bonds is 3. The van der Waals surface area contributed by atoms with Gasteiger partial charge in [0, 0.05) is 12.4 Å². The smallest absolute Gasteiger partial charge is 0.260 e. The number of fused-ring (bicyclic) bond motifs is 2. The number of hydrogen-bond acceptors (Lipinski definition) is 4. The van der Waals surface area contributed by atoms with Gasteiger partial charge in [-0.15, -0.1) is 0 Å². The molecule has 1 aromatic carbocycles. The summed E-state index contributed by atoms with van der Waals surface area (Å²) in [6.45, 7) is 3.05. The number of pyridine rings is 1. The van der Waals surface area contributed by atoms with Gasteiger partial charge in [0.1, 0.15) is 11.4 Å². The number of anilines is 1. The minimum atomic E-state index is -0.654. The van der Waals surface area contributed by atoms with Gasteiger partial charge in [-0.1, -0.05) is 18.2 Å². The Balaban J connectivity index is 1.69. The van der Waals surface area contributed by atoms with Crippen molar-refractivity contribution in [2.45, 2.75) is 19.6 Å². The van der Waals surface area contributed by atoms with E-state index in [2.05, 4.69) is 4.90 Å². The number of primary amides is 1. The van der Waals surface area contributed by atoms with Crippen molar-refractivity contribution in [2.75, 3.05) is 11.4 Å². The first-order chi connectivity index (χ1) is 11.6. The molecule has 24 heavy (non-hydrogen) atoms. The van der Waals surface area contributed by atoms with Gasteiger partial charge in [-0.25, -0.2) is 4.98 Å². The van der Waals surface area contributed by atoms with E-state index in [0.29, 0.717) is 18.8 Å². The van der Waals surface area contributed by atoms with Crippen molar-refractivity contribution < 1.29 is 9.53 Å². The fourth-order valence-electron chi connectivity index (χ4n) is 3.08. The molecule has 1 aliphatic heterocycles. The zero-order valence-electron chi connectivity index (χ0n) is 13.3. The summed E-state index contributed by atoms with van der Waals surface area (Å²) in [5.74, 6) is 0.216. The Kier molecular flexibility index (Phi) is 3.37. The van der Waals surface area contributed by atoms with Crippen molar-refractivity contribution in [1.82, 2.24) is 9.38 Å². The molecule has 3 aromatic rings. The summed E-state index contributed by atoms with van der Waals surface area (Å²) in [4.78, 5) is 18.4. The molecule has 4 rings (SSSR count). The molecule has 0 unspecified atom stereocenters. The molecule has 6 nitrogen and oxygen atoms in total. The van der Waals surface area contributed by atoms with Crippen molar-refractivity contribution >= 4 is 17.2 Å². The largest absolute Gasteiger partial charge is 0.477 e. The van der Waals surface area contributed by atoms with Gasteiger partial charge in [0.2, 0.25) is 0 Å². The third-order valence-electron chi connectivity index (χ3n) is 4.26. The predicted octanol–water partition coefficient (Wildman–Crippen LogP) is 1.90. The van der Waals surface area contributed by atoms with Crippen LogP contribution in [-0.2, 0) is 11.3 Å². The van der Waals surface area contributed by atoms with Crippen LogP contribution in [-0.4, -0.2) is 27.9 Å². The van der Waals surface area contributed by atoms with E-state index in [9.17, 15) is 4.79 Å². The average molecular weight is 322 g/mol. The van der Waals surface area contributed by atoms with E-state index in [1.54, 1.807) is 0 Å². The number of imidazole rings is 1. The number of benzene rings is 1. The Hall–Kier alpha value is -3.02. The standard InChI is InChI=1S/C18H18N4O2/c1-12-5-4-8-21-9-13(20-18(12)21)10-22-11-16(17(19)23)24-15-7-3-2-6-14(15)22/h2-9,16H,10-11H2,1H3,(H2,19,23)/t16-/m1/s1. The lowest BCUT2D eigenvalue weighted by atomic mass is 10.1. The van der Waals surface area contributed by atoms with Crippen LogP contribution >= 0.6 is 0 Å². The molecule has 0 aliphatic carbocycles. The Bertz CT molecular complexity index is 918. The minimum Gasteiger partial charge on any atom is -0.477 e. The number of carbonyl (C=O) groups is 1. The third kappa shape index (κ3) is 2.46. The van der Waals surface area contributed by atoms with E-state index in [1.165, 1.54) is 0 Å². The molecular weight excluding hydrogens is 304 g/mol. The number of ether oxygens (including phenoxy) is 1. The van der Waals surface area contributed by atoms with E-state index in [0.717, 1.165) is 22.6 Å². The Labute approximate surface area is 139 Å². The monoisotopic (exact) mass is 322 g/mol. The van der Waals surface area contributed by atoms with Gasteiger partial charge in [-0.2, -0.15) is 0 Å². The summed E-state index contributed by atoms with van der Waals surface area (Å²) in [5, 5.41) is 0. The van der Waals surface area contributed by atoms with E-state index in [4.69, 9.17) is 15.5 Å². The molecule has 1 aliphatic rings. The molecule has 0 saturated heterocycles. The molecular formula is C18H18N4O2. The van der Waals surface area contributed by atoms with Crippen molar-refractivity contribution in [3.8, 4) is 5.75 Å². The Morgan fingerprint density at radius 2 is 2.17 bits per heavy atom. The van der Waals surface area contributed by atoms with E-state index in [-0.39, 0.29) is 0 Å². The first kappa shape index (κ1) is 14.6. The SMILES string of the molecule is Cc1cccn2cc(CN3C[C@H](C(N)=O)Oc4ccccc43)nc12. The van der Waals surface area contributed by atoms with E-state index in [1.807, 2.05) is 60.1 Å². The van der Waals surface area contributed by atoms with Crippen LogP contribution in [0, 0.1) is 6.92 Å². The summed E-state index contributed by atoms with van der Waals surface area (Å²) < 4.78 is 7.71. The van der Waals surface area contributed by atoms with Gasteiger partial charge in [-0.05, 0) is 30.7 Å². The molecule has 1 amide bonds. The molecule has 1 atom stereocenters. The number of carbonyl (C=O) groups excluding carboxylic acids is 1. The van der Waals surface area contributed by atoms with Crippen LogP contribution < -0.4 is 15.4 Å². The van der Waals surface area contributed by atoms with Gasteiger partial charge in [-0.3, -0.25) is 4.79 Å². The van der Waals surface area contributed by atoms with Gasteiger partial charge in [0.25, 0.3) is 5.91 Å². The van der Waals surface area contributed by atoms with Crippen molar-refractivity contribution in [1.29, 1.82) is 0 Å². The lowest BCUT2D eigenvalue weighted by molar-refractivity contribution is -0.124.